The Morgan fingerprint density at radius 1 is 1.11 bits per heavy atom. The maximum Gasteiger partial charge on any atom is 0.306 e. The molecule has 1 heterocycles. The maximum atomic E-state index is 11.4. The number of fused-ring (bicyclic) bond motifs is 2. The van der Waals surface area contributed by atoms with Gasteiger partial charge in [-0.05, 0) is 59.6 Å². The van der Waals surface area contributed by atoms with Crippen LogP contribution in [-0.2, 0) is 16.6 Å². The lowest BCUT2D eigenvalue weighted by molar-refractivity contribution is -0.142. The maximum absolute atomic E-state index is 11.4. The van der Waals surface area contributed by atoms with Crippen LogP contribution < -0.4 is 9.47 Å². The van der Waals surface area contributed by atoms with Crippen molar-refractivity contribution in [3.63, 3.8) is 0 Å². The average Bonchev–Trinajstić information content (AvgIpc) is 3.41. The van der Waals surface area contributed by atoms with Crippen LogP contribution in [0.25, 0.3) is 11.1 Å². The van der Waals surface area contributed by atoms with E-state index in [-0.39, 0.29) is 17.4 Å². The topological polar surface area (TPSA) is 79.6 Å². The van der Waals surface area contributed by atoms with E-state index in [1.54, 1.807) is 6.92 Å². The third kappa shape index (κ3) is 3.56. The number of benzene rings is 3. The summed E-state index contributed by atoms with van der Waals surface area (Å²) >= 11 is 0. The van der Waals surface area contributed by atoms with Crippen molar-refractivity contribution in [1.29, 1.82) is 5.26 Å². The van der Waals surface area contributed by atoms with E-state index in [9.17, 15) is 15.2 Å². The summed E-state index contributed by atoms with van der Waals surface area (Å²) in [4.78, 5) is 11.4. The fourth-order valence-electron chi connectivity index (χ4n) is 5.73. The zero-order chi connectivity index (χ0) is 24.2. The molecule has 5 nitrogen and oxygen atoms in total. The minimum absolute atomic E-state index is 0.0591. The van der Waals surface area contributed by atoms with Gasteiger partial charge in [0, 0.05) is 17.5 Å². The number of carbonyl (C=O) groups is 1. The summed E-state index contributed by atoms with van der Waals surface area (Å²) in [5.41, 5.74) is 6.59. The first-order valence-corrected chi connectivity index (χ1v) is 12.3. The van der Waals surface area contributed by atoms with Crippen molar-refractivity contribution in [2.75, 3.05) is 6.61 Å². The summed E-state index contributed by atoms with van der Waals surface area (Å²) in [7, 11) is 0. The highest BCUT2D eigenvalue weighted by Gasteiger charge is 2.46. The standard InChI is InChI=1S/C30H27NO4/c1-18(29(32)33)25-16-34-28-15-19(9-10-24(25)28)35-27-12-11-21-20(6-4-7-23(21)27)22-5-2-3-8-26(22)30(17-31)13-14-30/h2-10,15,18,25,27H,11-14,16H2,1H3,(H,32,33)/t18?,25-,27+/m0/s1. The largest absolute Gasteiger partial charge is 0.492 e. The first-order valence-electron chi connectivity index (χ1n) is 12.3. The molecule has 1 N–H and O–H groups in total. The molecule has 6 rings (SSSR count). The summed E-state index contributed by atoms with van der Waals surface area (Å²) in [6.07, 6.45) is 3.59. The van der Waals surface area contributed by atoms with Gasteiger partial charge in [-0.2, -0.15) is 5.26 Å². The van der Waals surface area contributed by atoms with E-state index in [0.29, 0.717) is 12.4 Å². The SMILES string of the molecule is CC(C(=O)O)[C@@H]1COc2cc(O[C@@H]3CCc4c(-c5ccccc5C5(C#N)CC5)cccc43)ccc21. The van der Waals surface area contributed by atoms with E-state index in [0.717, 1.165) is 48.1 Å². The van der Waals surface area contributed by atoms with Crippen LogP contribution >= 0.6 is 0 Å². The molecule has 0 saturated heterocycles. The summed E-state index contributed by atoms with van der Waals surface area (Å²) in [5, 5.41) is 19.2. The molecule has 35 heavy (non-hydrogen) atoms. The van der Waals surface area contributed by atoms with Crippen molar-refractivity contribution < 1.29 is 19.4 Å². The van der Waals surface area contributed by atoms with Gasteiger partial charge in [0.1, 0.15) is 17.6 Å². The van der Waals surface area contributed by atoms with Gasteiger partial charge in [-0.1, -0.05) is 55.5 Å². The quantitative estimate of drug-likeness (QED) is 0.471. The van der Waals surface area contributed by atoms with Crippen molar-refractivity contribution in [3.05, 3.63) is 82.9 Å². The van der Waals surface area contributed by atoms with Gasteiger partial charge in [0.2, 0.25) is 0 Å². The van der Waals surface area contributed by atoms with Crippen LogP contribution in [0.1, 0.15) is 60.5 Å². The van der Waals surface area contributed by atoms with Gasteiger partial charge in [0.25, 0.3) is 0 Å². The van der Waals surface area contributed by atoms with Crippen LogP contribution in [0.15, 0.2) is 60.7 Å². The molecule has 5 heteroatoms. The normalized spacial score (nSPS) is 21.8. The molecular formula is C30H27NO4. The van der Waals surface area contributed by atoms with Crippen molar-refractivity contribution in [2.45, 2.75) is 50.0 Å². The number of hydrogen-bond donors (Lipinski definition) is 1. The Labute approximate surface area is 204 Å². The number of carboxylic acid groups (broad SMARTS) is 1. The van der Waals surface area contributed by atoms with Crippen LogP contribution in [0.4, 0.5) is 0 Å². The predicted molar refractivity (Wildman–Crippen MR) is 132 cm³/mol. The van der Waals surface area contributed by atoms with Gasteiger partial charge in [-0.25, -0.2) is 0 Å². The van der Waals surface area contributed by atoms with Crippen molar-refractivity contribution in [3.8, 4) is 28.7 Å². The smallest absolute Gasteiger partial charge is 0.306 e. The Hall–Kier alpha value is -3.78. The molecule has 3 atom stereocenters. The fourth-order valence-corrected chi connectivity index (χ4v) is 5.73. The van der Waals surface area contributed by atoms with E-state index in [4.69, 9.17) is 9.47 Å². The Kier molecular flexibility index (Phi) is 5.07. The third-order valence-electron chi connectivity index (χ3n) is 7.99. The molecule has 0 spiro atoms. The number of aliphatic carboxylic acids is 1. The molecule has 3 aliphatic rings. The van der Waals surface area contributed by atoms with Crippen LogP contribution in [0.5, 0.6) is 11.5 Å². The van der Waals surface area contributed by atoms with Crippen LogP contribution in [0, 0.1) is 17.2 Å². The van der Waals surface area contributed by atoms with Crippen LogP contribution in [-0.4, -0.2) is 17.7 Å². The second kappa shape index (κ2) is 8.16. The highest BCUT2D eigenvalue weighted by Crippen LogP contribution is 2.52. The summed E-state index contributed by atoms with van der Waals surface area (Å²) in [6.45, 7) is 2.11. The highest BCUT2D eigenvalue weighted by atomic mass is 16.5. The lowest BCUT2D eigenvalue weighted by Crippen LogP contribution is -2.19. The number of hydrogen-bond acceptors (Lipinski definition) is 4. The predicted octanol–water partition coefficient (Wildman–Crippen LogP) is 6.17. The van der Waals surface area contributed by atoms with E-state index in [1.807, 2.05) is 24.3 Å². The summed E-state index contributed by atoms with van der Waals surface area (Å²) < 4.78 is 12.3. The average molecular weight is 466 g/mol. The number of ether oxygens (including phenoxy) is 2. The Balaban J connectivity index is 1.28. The first kappa shape index (κ1) is 21.7. The van der Waals surface area contributed by atoms with Crippen LogP contribution in [0.2, 0.25) is 0 Å². The number of nitriles is 1. The number of carboxylic acids is 1. The summed E-state index contributed by atoms with van der Waals surface area (Å²) in [6, 6.07) is 23.1. The molecule has 1 fully saturated rings. The third-order valence-corrected chi connectivity index (χ3v) is 7.99. The Morgan fingerprint density at radius 2 is 1.91 bits per heavy atom. The summed E-state index contributed by atoms with van der Waals surface area (Å²) in [5.74, 6) is -0.00402. The van der Waals surface area contributed by atoms with Gasteiger partial charge < -0.3 is 14.6 Å². The molecule has 1 aliphatic heterocycles. The molecule has 176 valence electrons. The fraction of sp³-hybridized carbons (Fsp3) is 0.333. The lowest BCUT2D eigenvalue weighted by Gasteiger charge is -2.18. The van der Waals surface area contributed by atoms with Gasteiger partial charge in [0.15, 0.2) is 0 Å². The monoisotopic (exact) mass is 465 g/mol. The zero-order valence-corrected chi connectivity index (χ0v) is 19.7. The minimum Gasteiger partial charge on any atom is -0.492 e. The van der Waals surface area contributed by atoms with E-state index < -0.39 is 11.9 Å². The Morgan fingerprint density at radius 3 is 2.69 bits per heavy atom. The Bertz CT molecular complexity index is 1370. The first-order chi connectivity index (χ1) is 17.0. The molecule has 0 bridgehead atoms. The van der Waals surface area contributed by atoms with Crippen molar-refractivity contribution in [1.82, 2.24) is 0 Å². The molecule has 0 aromatic heterocycles. The second-order valence-electron chi connectivity index (χ2n) is 10.0. The minimum atomic E-state index is -0.811. The van der Waals surface area contributed by atoms with E-state index >= 15 is 0 Å². The second-order valence-corrected chi connectivity index (χ2v) is 10.0. The zero-order valence-electron chi connectivity index (χ0n) is 19.7. The number of nitrogens with zero attached hydrogens (tertiary/aromatic N) is 1. The molecule has 3 aromatic carbocycles. The molecule has 1 saturated carbocycles. The molecule has 0 amide bonds. The molecule has 0 radical (unpaired) electrons. The molecular weight excluding hydrogens is 438 g/mol. The van der Waals surface area contributed by atoms with Gasteiger partial charge >= 0.3 is 5.97 Å². The number of rotatable bonds is 6. The molecule has 3 aromatic rings. The van der Waals surface area contributed by atoms with E-state index in [2.05, 4.69) is 42.5 Å². The van der Waals surface area contributed by atoms with E-state index in [1.165, 1.54) is 16.7 Å². The van der Waals surface area contributed by atoms with Gasteiger partial charge in [0.05, 0.1) is 24.0 Å². The highest BCUT2D eigenvalue weighted by molar-refractivity contribution is 5.75. The molecule has 2 aliphatic carbocycles. The van der Waals surface area contributed by atoms with Gasteiger partial charge in [-0.3, -0.25) is 4.79 Å². The van der Waals surface area contributed by atoms with Crippen molar-refractivity contribution in [2.24, 2.45) is 5.92 Å². The van der Waals surface area contributed by atoms with Crippen LogP contribution in [0.3, 0.4) is 0 Å². The molecule has 1 unspecified atom stereocenters. The lowest BCUT2D eigenvalue weighted by atomic mass is 9.86. The van der Waals surface area contributed by atoms with Gasteiger partial charge in [-0.15, -0.1) is 0 Å². The van der Waals surface area contributed by atoms with Crippen molar-refractivity contribution >= 4 is 5.97 Å².